The molecule has 0 aliphatic heterocycles. The van der Waals surface area contributed by atoms with Gasteiger partial charge < -0.3 is 14.0 Å². The molecule has 4 nitrogen and oxygen atoms in total. The second kappa shape index (κ2) is 9.63. The van der Waals surface area contributed by atoms with E-state index in [2.05, 4.69) is 10.6 Å². The third kappa shape index (κ3) is 4.97. The fourth-order valence-corrected chi connectivity index (χ4v) is 3.89. The van der Waals surface area contributed by atoms with E-state index in [1.807, 2.05) is 68.4 Å². The van der Waals surface area contributed by atoms with Crippen LogP contribution in [0.4, 0.5) is 0 Å². The lowest BCUT2D eigenvalue weighted by Crippen LogP contribution is -2.10. The Hall–Kier alpha value is -2.69. The van der Waals surface area contributed by atoms with Gasteiger partial charge in [0.1, 0.15) is 23.9 Å². The van der Waals surface area contributed by atoms with Gasteiger partial charge in [-0.3, -0.25) is 0 Å². The van der Waals surface area contributed by atoms with E-state index >= 15 is 0 Å². The lowest BCUT2D eigenvalue weighted by Gasteiger charge is -2.13. The van der Waals surface area contributed by atoms with E-state index in [-0.39, 0.29) is 0 Å². The van der Waals surface area contributed by atoms with Crippen LogP contribution in [0.1, 0.15) is 23.4 Å². The van der Waals surface area contributed by atoms with Gasteiger partial charge in [0.05, 0.1) is 22.7 Å². The Morgan fingerprint density at radius 3 is 2.39 bits per heavy atom. The molecule has 0 saturated carbocycles. The number of halogens is 2. The van der Waals surface area contributed by atoms with Gasteiger partial charge in [-0.25, -0.2) is 4.98 Å². The molecule has 3 aromatic carbocycles. The van der Waals surface area contributed by atoms with Crippen molar-refractivity contribution >= 4 is 34.2 Å². The van der Waals surface area contributed by atoms with E-state index in [1.54, 1.807) is 0 Å². The summed E-state index contributed by atoms with van der Waals surface area (Å²) in [5.41, 5.74) is 4.08. The van der Waals surface area contributed by atoms with Crippen molar-refractivity contribution < 1.29 is 9.47 Å². The summed E-state index contributed by atoms with van der Waals surface area (Å²) in [6.45, 7) is 5.69. The first-order valence-corrected chi connectivity index (χ1v) is 11.0. The summed E-state index contributed by atoms with van der Waals surface area (Å²) < 4.78 is 14.1. The zero-order valence-corrected chi connectivity index (χ0v) is 19.1. The molecule has 1 heterocycles. The van der Waals surface area contributed by atoms with Crippen molar-refractivity contribution in [3.8, 4) is 11.5 Å². The number of aromatic nitrogens is 2. The molecule has 0 aliphatic carbocycles. The van der Waals surface area contributed by atoms with Gasteiger partial charge in [0.25, 0.3) is 0 Å². The van der Waals surface area contributed by atoms with Crippen LogP contribution in [-0.4, -0.2) is 16.2 Å². The monoisotopic (exact) mass is 454 g/mol. The Labute approximate surface area is 192 Å². The molecule has 1 aromatic heterocycles. The maximum atomic E-state index is 6.25. The van der Waals surface area contributed by atoms with E-state index < -0.39 is 0 Å². The lowest BCUT2D eigenvalue weighted by atomic mass is 10.1. The van der Waals surface area contributed by atoms with Gasteiger partial charge in [0.2, 0.25) is 0 Å². The lowest BCUT2D eigenvalue weighted by molar-refractivity contribution is 0.280. The van der Waals surface area contributed by atoms with Crippen molar-refractivity contribution in [3.63, 3.8) is 0 Å². The van der Waals surface area contributed by atoms with E-state index in [4.69, 9.17) is 37.7 Å². The number of aryl methyl sites for hydroxylation is 3. The van der Waals surface area contributed by atoms with Crippen LogP contribution in [0.15, 0.2) is 60.7 Å². The third-order valence-corrected chi connectivity index (χ3v) is 6.04. The van der Waals surface area contributed by atoms with Gasteiger partial charge >= 0.3 is 0 Å². The van der Waals surface area contributed by atoms with Gasteiger partial charge in [-0.1, -0.05) is 47.5 Å². The van der Waals surface area contributed by atoms with Crippen LogP contribution in [-0.2, 0) is 13.2 Å². The van der Waals surface area contributed by atoms with Crippen LogP contribution in [0, 0.1) is 13.8 Å². The van der Waals surface area contributed by atoms with Crippen molar-refractivity contribution in [1.82, 2.24) is 9.55 Å². The number of ether oxygens (including phenoxy) is 2. The smallest absolute Gasteiger partial charge is 0.148 e. The zero-order chi connectivity index (χ0) is 21.8. The van der Waals surface area contributed by atoms with Crippen molar-refractivity contribution in [2.24, 2.45) is 0 Å². The van der Waals surface area contributed by atoms with Gasteiger partial charge in [0.15, 0.2) is 0 Å². The number of para-hydroxylation sites is 3. The van der Waals surface area contributed by atoms with Crippen LogP contribution in [0.3, 0.4) is 0 Å². The molecule has 0 aliphatic rings. The minimum atomic E-state index is 0.342. The van der Waals surface area contributed by atoms with Crippen molar-refractivity contribution in [2.45, 2.75) is 33.4 Å². The van der Waals surface area contributed by atoms with E-state index in [0.717, 1.165) is 51.7 Å². The third-order valence-electron chi connectivity index (χ3n) is 5.13. The van der Waals surface area contributed by atoms with Crippen LogP contribution in [0.5, 0.6) is 11.5 Å². The number of benzene rings is 3. The molecule has 0 saturated heterocycles. The second-order valence-electron chi connectivity index (χ2n) is 7.46. The maximum absolute atomic E-state index is 6.25. The van der Waals surface area contributed by atoms with Crippen LogP contribution < -0.4 is 9.47 Å². The summed E-state index contributed by atoms with van der Waals surface area (Å²) in [5, 5.41) is 1.38. The molecule has 0 N–H and O–H groups in total. The topological polar surface area (TPSA) is 36.3 Å². The normalized spacial score (nSPS) is 11.1. The average Bonchev–Trinajstić information content (AvgIpc) is 3.12. The fourth-order valence-electron chi connectivity index (χ4n) is 3.59. The van der Waals surface area contributed by atoms with Crippen molar-refractivity contribution in [2.75, 3.05) is 6.61 Å². The van der Waals surface area contributed by atoms with Gasteiger partial charge in [0, 0.05) is 11.6 Å². The SMILES string of the molecule is Cc1cc(OCCCn2c(COc3ccccc3Cl)nc3ccccc32)cc(C)c1Cl. The van der Waals surface area contributed by atoms with E-state index in [0.29, 0.717) is 24.0 Å². The quantitative estimate of drug-likeness (QED) is 0.268. The summed E-state index contributed by atoms with van der Waals surface area (Å²) in [6, 6.07) is 19.5. The standard InChI is InChI=1S/C25H24Cl2N2O2/c1-17-14-19(15-18(2)25(17)27)30-13-7-12-29-22-10-5-4-9-21(22)28-24(29)16-31-23-11-6-3-8-20(23)26/h3-6,8-11,14-15H,7,12-13,16H2,1-2H3. The molecule has 0 unspecified atom stereocenters. The number of imidazole rings is 1. The Kier molecular flexibility index (Phi) is 6.69. The summed E-state index contributed by atoms with van der Waals surface area (Å²) in [6.07, 6.45) is 0.834. The highest BCUT2D eigenvalue weighted by Crippen LogP contribution is 2.27. The predicted molar refractivity (Wildman–Crippen MR) is 127 cm³/mol. The first-order valence-electron chi connectivity index (χ1n) is 10.2. The Bertz CT molecular complexity index is 1180. The molecule has 4 aromatic rings. The highest BCUT2D eigenvalue weighted by Gasteiger charge is 2.12. The van der Waals surface area contributed by atoms with Crippen LogP contribution in [0.2, 0.25) is 10.0 Å². The number of nitrogens with zero attached hydrogens (tertiary/aromatic N) is 2. The largest absolute Gasteiger partial charge is 0.494 e. The predicted octanol–water partition coefficient (Wildman–Crippen LogP) is 7.01. The van der Waals surface area contributed by atoms with Crippen molar-refractivity contribution in [3.05, 3.63) is 87.7 Å². The van der Waals surface area contributed by atoms with Gasteiger partial charge in [-0.05, 0) is 67.8 Å². The summed E-state index contributed by atoms with van der Waals surface area (Å²) in [5.74, 6) is 2.36. The highest BCUT2D eigenvalue weighted by atomic mass is 35.5. The van der Waals surface area contributed by atoms with Crippen LogP contribution in [0.25, 0.3) is 11.0 Å². The van der Waals surface area contributed by atoms with Gasteiger partial charge in [-0.2, -0.15) is 0 Å². The summed E-state index contributed by atoms with van der Waals surface area (Å²) in [4.78, 5) is 4.77. The van der Waals surface area contributed by atoms with E-state index in [1.165, 1.54) is 0 Å². The molecule has 6 heteroatoms. The Balaban J connectivity index is 1.45. The number of hydrogen-bond acceptors (Lipinski definition) is 3. The summed E-state index contributed by atoms with van der Waals surface area (Å²) in [7, 11) is 0. The Morgan fingerprint density at radius 1 is 0.903 bits per heavy atom. The first-order chi connectivity index (χ1) is 15.0. The molecule has 160 valence electrons. The maximum Gasteiger partial charge on any atom is 0.148 e. The fraction of sp³-hybridized carbons (Fsp3) is 0.240. The number of fused-ring (bicyclic) bond motifs is 1. The van der Waals surface area contributed by atoms with E-state index in [9.17, 15) is 0 Å². The number of rotatable bonds is 8. The molecule has 0 spiro atoms. The minimum Gasteiger partial charge on any atom is -0.494 e. The molecule has 0 radical (unpaired) electrons. The molecule has 0 fully saturated rings. The highest BCUT2D eigenvalue weighted by molar-refractivity contribution is 6.32. The zero-order valence-electron chi connectivity index (χ0n) is 17.6. The molecule has 0 amide bonds. The minimum absolute atomic E-state index is 0.342. The molecule has 0 bridgehead atoms. The Morgan fingerprint density at radius 2 is 1.61 bits per heavy atom. The molecule has 31 heavy (non-hydrogen) atoms. The van der Waals surface area contributed by atoms with Crippen LogP contribution >= 0.6 is 23.2 Å². The summed E-state index contributed by atoms with van der Waals surface area (Å²) >= 11 is 12.5. The number of hydrogen-bond donors (Lipinski definition) is 0. The average molecular weight is 455 g/mol. The first kappa shape index (κ1) is 21.5. The van der Waals surface area contributed by atoms with Crippen molar-refractivity contribution in [1.29, 1.82) is 0 Å². The molecular weight excluding hydrogens is 431 g/mol. The molecule has 0 atom stereocenters. The molecular formula is C25H24Cl2N2O2. The molecule has 4 rings (SSSR count). The van der Waals surface area contributed by atoms with Gasteiger partial charge in [-0.15, -0.1) is 0 Å². The second-order valence-corrected chi connectivity index (χ2v) is 8.25.